The molecule has 1 aliphatic heterocycles. The summed E-state index contributed by atoms with van der Waals surface area (Å²) >= 11 is 0. The van der Waals surface area contributed by atoms with Gasteiger partial charge >= 0.3 is 0 Å². The van der Waals surface area contributed by atoms with E-state index in [0.29, 0.717) is 18.8 Å². The molecule has 1 atom stereocenters. The van der Waals surface area contributed by atoms with E-state index in [9.17, 15) is 13.2 Å². The first kappa shape index (κ1) is 21.3. The lowest BCUT2D eigenvalue weighted by atomic mass is 10.1. The van der Waals surface area contributed by atoms with Gasteiger partial charge in [0.05, 0.1) is 17.6 Å². The number of piperidine rings is 1. The van der Waals surface area contributed by atoms with Gasteiger partial charge < -0.3 is 9.64 Å². The summed E-state index contributed by atoms with van der Waals surface area (Å²) in [7, 11) is -2.33. The Kier molecular flexibility index (Phi) is 6.59. The zero-order chi connectivity index (χ0) is 21.0. The van der Waals surface area contributed by atoms with E-state index in [2.05, 4.69) is 4.72 Å². The van der Waals surface area contributed by atoms with Crippen LogP contribution in [0.2, 0.25) is 0 Å². The number of sulfonamides is 1. The van der Waals surface area contributed by atoms with Crippen molar-refractivity contribution in [3.8, 4) is 5.75 Å². The Bertz CT molecular complexity index is 965. The van der Waals surface area contributed by atoms with Crippen molar-refractivity contribution < 1.29 is 17.9 Å². The molecule has 1 aliphatic rings. The molecule has 1 N–H and O–H groups in total. The summed E-state index contributed by atoms with van der Waals surface area (Å²) in [5.74, 6) is 0.191. The minimum Gasteiger partial charge on any atom is -0.496 e. The molecule has 1 heterocycles. The highest BCUT2D eigenvalue weighted by Crippen LogP contribution is 2.26. The van der Waals surface area contributed by atoms with E-state index < -0.39 is 16.1 Å². The summed E-state index contributed by atoms with van der Waals surface area (Å²) in [6.07, 6.45) is 3.03. The zero-order valence-corrected chi connectivity index (χ0v) is 18.0. The van der Waals surface area contributed by atoms with Gasteiger partial charge in [-0.2, -0.15) is 0 Å². The van der Waals surface area contributed by atoms with Crippen LogP contribution in [0.3, 0.4) is 0 Å². The first-order chi connectivity index (χ1) is 13.8. The molecular weight excluding hydrogens is 388 g/mol. The summed E-state index contributed by atoms with van der Waals surface area (Å²) in [5.41, 5.74) is 2.26. The molecule has 7 heteroatoms. The number of methoxy groups -OCH3 is 1. The Morgan fingerprint density at radius 2 is 1.72 bits per heavy atom. The fraction of sp³-hybridized carbons (Fsp3) is 0.409. The molecule has 2 aromatic rings. The number of likely N-dealkylation sites (tertiary alicyclic amines) is 1. The van der Waals surface area contributed by atoms with Gasteiger partial charge in [0.1, 0.15) is 5.75 Å². The molecule has 0 unspecified atom stereocenters. The zero-order valence-electron chi connectivity index (χ0n) is 17.1. The highest BCUT2D eigenvalue weighted by Gasteiger charge is 2.25. The van der Waals surface area contributed by atoms with Crippen molar-refractivity contribution in [1.82, 2.24) is 9.62 Å². The number of rotatable bonds is 6. The monoisotopic (exact) mass is 416 g/mol. The van der Waals surface area contributed by atoms with Crippen LogP contribution >= 0.6 is 0 Å². The Hall–Kier alpha value is -2.38. The molecular formula is C22H28N2O4S. The number of carbonyl (C=O) groups excluding carboxylic acids is 1. The maximum atomic E-state index is 13.0. The highest BCUT2D eigenvalue weighted by atomic mass is 32.2. The topological polar surface area (TPSA) is 75.7 Å². The third-order valence-electron chi connectivity index (χ3n) is 5.26. The largest absolute Gasteiger partial charge is 0.496 e. The van der Waals surface area contributed by atoms with Crippen LogP contribution in [-0.4, -0.2) is 39.4 Å². The van der Waals surface area contributed by atoms with Crippen LogP contribution in [-0.2, 0) is 10.0 Å². The molecule has 0 radical (unpaired) electrons. The molecule has 0 spiro atoms. The molecule has 0 saturated carbocycles. The quantitative estimate of drug-likeness (QED) is 0.780. The van der Waals surface area contributed by atoms with Gasteiger partial charge in [-0.3, -0.25) is 4.79 Å². The van der Waals surface area contributed by atoms with E-state index in [1.165, 1.54) is 19.2 Å². The average molecular weight is 417 g/mol. The number of hydrogen-bond acceptors (Lipinski definition) is 4. The van der Waals surface area contributed by atoms with E-state index in [1.807, 2.05) is 31.2 Å². The molecule has 1 fully saturated rings. The van der Waals surface area contributed by atoms with E-state index in [4.69, 9.17) is 4.74 Å². The van der Waals surface area contributed by atoms with Crippen LogP contribution in [0.4, 0.5) is 0 Å². The highest BCUT2D eigenvalue weighted by molar-refractivity contribution is 7.89. The van der Waals surface area contributed by atoms with Crippen molar-refractivity contribution in [2.75, 3.05) is 20.2 Å². The number of hydrogen-bond donors (Lipinski definition) is 1. The molecule has 156 valence electrons. The summed E-state index contributed by atoms with van der Waals surface area (Å²) in [6.45, 7) is 5.14. The van der Waals surface area contributed by atoms with Gasteiger partial charge in [-0.15, -0.1) is 0 Å². The normalized spacial score (nSPS) is 15.8. The number of carbonyl (C=O) groups is 1. The number of ether oxygens (including phenoxy) is 1. The molecule has 1 amide bonds. The number of nitrogens with zero attached hydrogens (tertiary/aromatic N) is 1. The third-order valence-corrected chi connectivity index (χ3v) is 6.80. The summed E-state index contributed by atoms with van der Waals surface area (Å²) in [4.78, 5) is 14.8. The van der Waals surface area contributed by atoms with Crippen LogP contribution in [0.5, 0.6) is 5.75 Å². The van der Waals surface area contributed by atoms with Gasteiger partial charge in [0.15, 0.2) is 0 Å². The lowest BCUT2D eigenvalue weighted by molar-refractivity contribution is 0.0720. The second-order valence-electron chi connectivity index (χ2n) is 7.47. The standard InChI is InChI=1S/C22H28N2O4S/c1-16-7-9-18(10-8-16)17(2)23-29(26,27)19-11-12-21(28-3)20(15-19)22(25)24-13-5-4-6-14-24/h7-12,15,17,23H,4-6,13-14H2,1-3H3/t17-/m1/s1. The SMILES string of the molecule is COc1ccc(S(=O)(=O)N[C@H](C)c2ccc(C)cc2)cc1C(=O)N1CCCCC1. The van der Waals surface area contributed by atoms with E-state index in [0.717, 1.165) is 30.4 Å². The lowest BCUT2D eigenvalue weighted by Gasteiger charge is -2.27. The smallest absolute Gasteiger partial charge is 0.257 e. The molecule has 3 rings (SSSR count). The second kappa shape index (κ2) is 8.97. The van der Waals surface area contributed by atoms with Crippen molar-refractivity contribution in [3.05, 3.63) is 59.2 Å². The van der Waals surface area contributed by atoms with Crippen LogP contribution < -0.4 is 9.46 Å². The molecule has 29 heavy (non-hydrogen) atoms. The predicted molar refractivity (Wildman–Crippen MR) is 113 cm³/mol. The van der Waals surface area contributed by atoms with Crippen LogP contribution in [0, 0.1) is 6.92 Å². The fourth-order valence-electron chi connectivity index (χ4n) is 3.51. The molecule has 0 aromatic heterocycles. The number of benzene rings is 2. The van der Waals surface area contributed by atoms with Gasteiger partial charge in [0.2, 0.25) is 10.0 Å². The molecule has 1 saturated heterocycles. The van der Waals surface area contributed by atoms with Gasteiger partial charge in [-0.05, 0) is 56.9 Å². The Morgan fingerprint density at radius 3 is 2.34 bits per heavy atom. The molecule has 6 nitrogen and oxygen atoms in total. The summed E-state index contributed by atoms with van der Waals surface area (Å²) in [5, 5.41) is 0. The minimum atomic E-state index is -3.81. The first-order valence-corrected chi connectivity index (χ1v) is 11.4. The number of amides is 1. The Balaban J connectivity index is 1.86. The summed E-state index contributed by atoms with van der Waals surface area (Å²) in [6, 6.07) is 11.7. The van der Waals surface area contributed by atoms with Crippen LogP contribution in [0.15, 0.2) is 47.4 Å². The maximum absolute atomic E-state index is 13.0. The average Bonchev–Trinajstić information content (AvgIpc) is 2.73. The number of aryl methyl sites for hydroxylation is 1. The molecule has 0 aliphatic carbocycles. The lowest BCUT2D eigenvalue weighted by Crippen LogP contribution is -2.36. The summed E-state index contributed by atoms with van der Waals surface area (Å²) < 4.78 is 33.9. The minimum absolute atomic E-state index is 0.0534. The van der Waals surface area contributed by atoms with Crippen molar-refractivity contribution in [1.29, 1.82) is 0 Å². The van der Waals surface area contributed by atoms with E-state index >= 15 is 0 Å². The molecule has 2 aromatic carbocycles. The number of nitrogens with one attached hydrogen (secondary N) is 1. The van der Waals surface area contributed by atoms with Crippen molar-refractivity contribution in [2.45, 2.75) is 44.0 Å². The van der Waals surface area contributed by atoms with Gasteiger partial charge in [-0.25, -0.2) is 13.1 Å². The van der Waals surface area contributed by atoms with Gasteiger partial charge in [-0.1, -0.05) is 29.8 Å². The maximum Gasteiger partial charge on any atom is 0.257 e. The van der Waals surface area contributed by atoms with E-state index in [1.54, 1.807) is 17.9 Å². The predicted octanol–water partition coefficient (Wildman–Crippen LogP) is 3.67. The van der Waals surface area contributed by atoms with Crippen LogP contribution in [0.1, 0.15) is 53.7 Å². The fourth-order valence-corrected chi connectivity index (χ4v) is 4.77. The van der Waals surface area contributed by atoms with Gasteiger partial charge in [0, 0.05) is 19.1 Å². The van der Waals surface area contributed by atoms with E-state index in [-0.39, 0.29) is 16.4 Å². The molecule has 0 bridgehead atoms. The Labute approximate surface area is 172 Å². The third kappa shape index (κ3) is 4.97. The van der Waals surface area contributed by atoms with Crippen molar-refractivity contribution in [3.63, 3.8) is 0 Å². The first-order valence-electron chi connectivity index (χ1n) is 9.88. The Morgan fingerprint density at radius 1 is 1.07 bits per heavy atom. The van der Waals surface area contributed by atoms with Gasteiger partial charge in [0.25, 0.3) is 5.91 Å². The van der Waals surface area contributed by atoms with Crippen molar-refractivity contribution in [2.24, 2.45) is 0 Å². The van der Waals surface area contributed by atoms with Crippen molar-refractivity contribution >= 4 is 15.9 Å². The van der Waals surface area contributed by atoms with Crippen LogP contribution in [0.25, 0.3) is 0 Å². The second-order valence-corrected chi connectivity index (χ2v) is 9.18.